The number of hydrogen-bond acceptors (Lipinski definition) is 3. The third-order valence-electron chi connectivity index (χ3n) is 5.43. The molecular formula is C22H29N3O3. The van der Waals surface area contributed by atoms with Crippen molar-refractivity contribution in [1.82, 2.24) is 9.99 Å². The van der Waals surface area contributed by atoms with Gasteiger partial charge in [-0.05, 0) is 69.0 Å². The van der Waals surface area contributed by atoms with E-state index in [9.17, 15) is 9.59 Å². The number of amides is 2. The molecule has 1 aliphatic carbocycles. The largest absolute Gasteiger partial charge is 0.484 e. The maximum atomic E-state index is 12.4. The molecule has 28 heavy (non-hydrogen) atoms. The summed E-state index contributed by atoms with van der Waals surface area (Å²) in [5.41, 5.74) is 5.32. The zero-order chi connectivity index (χ0) is 20.1. The summed E-state index contributed by atoms with van der Waals surface area (Å²) in [6.45, 7) is 6.04. The van der Waals surface area contributed by atoms with Crippen molar-refractivity contribution in [3.8, 4) is 5.75 Å². The summed E-state index contributed by atoms with van der Waals surface area (Å²) in [4.78, 5) is 24.6. The van der Waals surface area contributed by atoms with Gasteiger partial charge in [0.05, 0.1) is 0 Å². The molecular weight excluding hydrogens is 354 g/mol. The van der Waals surface area contributed by atoms with Gasteiger partial charge < -0.3 is 10.1 Å². The van der Waals surface area contributed by atoms with Crippen LogP contribution in [-0.4, -0.2) is 29.1 Å². The van der Waals surface area contributed by atoms with E-state index in [0.29, 0.717) is 17.2 Å². The zero-order valence-electron chi connectivity index (χ0n) is 16.8. The highest BCUT2D eigenvalue weighted by atomic mass is 16.5. The van der Waals surface area contributed by atoms with Crippen molar-refractivity contribution in [1.29, 1.82) is 0 Å². The third kappa shape index (κ3) is 4.94. The van der Waals surface area contributed by atoms with Crippen molar-refractivity contribution in [2.24, 2.45) is 5.92 Å². The molecule has 150 valence electrons. The molecule has 0 spiro atoms. The molecule has 2 atom stereocenters. The van der Waals surface area contributed by atoms with Crippen LogP contribution in [0.2, 0.25) is 0 Å². The van der Waals surface area contributed by atoms with Gasteiger partial charge >= 0.3 is 0 Å². The number of carbonyl (C=O) groups is 2. The Morgan fingerprint density at radius 1 is 1.04 bits per heavy atom. The predicted molar refractivity (Wildman–Crippen MR) is 109 cm³/mol. The fraction of sp³-hybridized carbons (Fsp3) is 0.455. The second kappa shape index (κ2) is 8.95. The lowest BCUT2D eigenvalue weighted by Gasteiger charge is -2.29. The standard InChI is InChI=1S/C22H29N3O3/c1-15-6-4-5-7-20(15)23-21(26)14-28-19-12-10-18(11-13-19)22(27)24-25-16(2)8-9-17(25)3/h8-13,15,20H,4-7,14H2,1-3H3,(H,23,26)(H,24,27)/t15-,20+/m0/s1. The van der Waals surface area contributed by atoms with Crippen LogP contribution in [0.15, 0.2) is 36.4 Å². The monoisotopic (exact) mass is 383 g/mol. The lowest BCUT2D eigenvalue weighted by atomic mass is 9.86. The number of nitrogens with one attached hydrogen (secondary N) is 2. The van der Waals surface area contributed by atoms with E-state index in [0.717, 1.165) is 24.2 Å². The maximum absolute atomic E-state index is 12.4. The van der Waals surface area contributed by atoms with Crippen molar-refractivity contribution in [2.45, 2.75) is 52.5 Å². The van der Waals surface area contributed by atoms with E-state index in [1.807, 2.05) is 26.0 Å². The lowest BCUT2D eigenvalue weighted by Crippen LogP contribution is -2.43. The predicted octanol–water partition coefficient (Wildman–Crippen LogP) is 3.56. The number of rotatable bonds is 6. The number of hydrogen-bond donors (Lipinski definition) is 2. The molecule has 1 saturated carbocycles. The lowest BCUT2D eigenvalue weighted by molar-refractivity contribution is -0.124. The molecule has 1 heterocycles. The minimum absolute atomic E-state index is 0.0173. The van der Waals surface area contributed by atoms with Crippen LogP contribution >= 0.6 is 0 Å². The number of benzene rings is 1. The molecule has 0 radical (unpaired) electrons. The van der Waals surface area contributed by atoms with Gasteiger partial charge in [-0.2, -0.15) is 0 Å². The van der Waals surface area contributed by atoms with Crippen LogP contribution in [0.1, 0.15) is 54.4 Å². The highest BCUT2D eigenvalue weighted by Gasteiger charge is 2.22. The highest BCUT2D eigenvalue weighted by Crippen LogP contribution is 2.23. The molecule has 1 aromatic carbocycles. The second-order valence-electron chi connectivity index (χ2n) is 7.64. The van der Waals surface area contributed by atoms with Crippen LogP contribution < -0.4 is 15.5 Å². The van der Waals surface area contributed by atoms with E-state index in [2.05, 4.69) is 17.7 Å². The Labute approximate surface area is 166 Å². The van der Waals surface area contributed by atoms with Gasteiger partial charge in [0.15, 0.2) is 6.61 Å². The summed E-state index contributed by atoms with van der Waals surface area (Å²) in [7, 11) is 0. The molecule has 0 aliphatic heterocycles. The molecule has 3 rings (SSSR count). The van der Waals surface area contributed by atoms with Crippen molar-refractivity contribution in [3.63, 3.8) is 0 Å². The summed E-state index contributed by atoms with van der Waals surface area (Å²) >= 11 is 0. The quantitative estimate of drug-likeness (QED) is 0.801. The van der Waals surface area contributed by atoms with E-state index in [-0.39, 0.29) is 24.5 Å². The van der Waals surface area contributed by atoms with Crippen LogP contribution in [-0.2, 0) is 4.79 Å². The van der Waals surface area contributed by atoms with E-state index in [1.54, 1.807) is 28.9 Å². The fourth-order valence-corrected chi connectivity index (χ4v) is 3.64. The van der Waals surface area contributed by atoms with Gasteiger partial charge in [0.1, 0.15) is 5.75 Å². The minimum atomic E-state index is -0.196. The normalized spacial score (nSPS) is 19.1. The van der Waals surface area contributed by atoms with Gasteiger partial charge in [0.25, 0.3) is 11.8 Å². The summed E-state index contributed by atoms with van der Waals surface area (Å²) in [6.07, 6.45) is 4.61. The molecule has 1 aromatic heterocycles. The average molecular weight is 383 g/mol. The first kappa shape index (κ1) is 20.0. The second-order valence-corrected chi connectivity index (χ2v) is 7.64. The molecule has 6 nitrogen and oxygen atoms in total. The Morgan fingerprint density at radius 3 is 2.32 bits per heavy atom. The molecule has 1 fully saturated rings. The summed E-state index contributed by atoms with van der Waals surface area (Å²) in [5.74, 6) is 0.789. The Kier molecular flexibility index (Phi) is 6.39. The summed E-state index contributed by atoms with van der Waals surface area (Å²) in [6, 6.07) is 11.0. The number of aromatic nitrogens is 1. The topological polar surface area (TPSA) is 72.4 Å². The summed E-state index contributed by atoms with van der Waals surface area (Å²) in [5, 5.41) is 3.07. The minimum Gasteiger partial charge on any atom is -0.484 e. The first-order chi connectivity index (χ1) is 13.4. The van der Waals surface area contributed by atoms with Gasteiger partial charge in [0.2, 0.25) is 0 Å². The van der Waals surface area contributed by atoms with Crippen molar-refractivity contribution >= 4 is 11.8 Å². The average Bonchev–Trinajstić information content (AvgIpc) is 3.00. The molecule has 2 amide bonds. The van der Waals surface area contributed by atoms with Gasteiger partial charge in [-0.15, -0.1) is 0 Å². The SMILES string of the molecule is Cc1ccc(C)n1NC(=O)c1ccc(OCC(=O)N[C@@H]2CCCC[C@@H]2C)cc1. The van der Waals surface area contributed by atoms with Crippen molar-refractivity contribution in [2.75, 3.05) is 12.0 Å². The molecule has 0 saturated heterocycles. The Morgan fingerprint density at radius 2 is 1.68 bits per heavy atom. The maximum Gasteiger partial charge on any atom is 0.270 e. The Hall–Kier alpha value is -2.76. The van der Waals surface area contributed by atoms with Crippen LogP contribution in [0.4, 0.5) is 0 Å². The van der Waals surface area contributed by atoms with Crippen LogP contribution in [0.5, 0.6) is 5.75 Å². The van der Waals surface area contributed by atoms with Crippen LogP contribution in [0.25, 0.3) is 0 Å². The molecule has 2 N–H and O–H groups in total. The smallest absolute Gasteiger partial charge is 0.270 e. The van der Waals surface area contributed by atoms with E-state index >= 15 is 0 Å². The van der Waals surface area contributed by atoms with Crippen molar-refractivity contribution in [3.05, 3.63) is 53.3 Å². The number of aryl methyl sites for hydroxylation is 2. The first-order valence-electron chi connectivity index (χ1n) is 9.92. The van der Waals surface area contributed by atoms with E-state index < -0.39 is 0 Å². The van der Waals surface area contributed by atoms with Gasteiger partial charge in [0, 0.05) is 23.0 Å². The summed E-state index contributed by atoms with van der Waals surface area (Å²) < 4.78 is 7.33. The Balaban J connectivity index is 1.50. The number of carbonyl (C=O) groups excluding carboxylic acids is 2. The molecule has 6 heteroatoms. The zero-order valence-corrected chi connectivity index (χ0v) is 16.8. The first-order valence-corrected chi connectivity index (χ1v) is 9.92. The highest BCUT2D eigenvalue weighted by molar-refractivity contribution is 6.00. The van der Waals surface area contributed by atoms with Gasteiger partial charge in [-0.25, -0.2) is 0 Å². The number of ether oxygens (including phenoxy) is 1. The third-order valence-corrected chi connectivity index (χ3v) is 5.43. The van der Waals surface area contributed by atoms with E-state index in [1.165, 1.54) is 12.8 Å². The fourth-order valence-electron chi connectivity index (χ4n) is 3.64. The van der Waals surface area contributed by atoms with Crippen LogP contribution in [0, 0.1) is 19.8 Å². The molecule has 1 aliphatic rings. The van der Waals surface area contributed by atoms with Gasteiger partial charge in [-0.1, -0.05) is 19.8 Å². The van der Waals surface area contributed by atoms with Crippen LogP contribution in [0.3, 0.4) is 0 Å². The number of nitrogens with zero attached hydrogens (tertiary/aromatic N) is 1. The molecule has 2 aromatic rings. The Bertz CT molecular complexity index is 807. The van der Waals surface area contributed by atoms with Crippen molar-refractivity contribution < 1.29 is 14.3 Å². The van der Waals surface area contributed by atoms with E-state index in [4.69, 9.17) is 4.74 Å². The molecule has 0 bridgehead atoms. The van der Waals surface area contributed by atoms with Gasteiger partial charge in [-0.3, -0.25) is 19.7 Å². The molecule has 0 unspecified atom stereocenters.